The van der Waals surface area contributed by atoms with Gasteiger partial charge in [0, 0.05) is 4.88 Å². The second-order valence-corrected chi connectivity index (χ2v) is 7.90. The zero-order valence-electron chi connectivity index (χ0n) is 17.3. The molecule has 0 bridgehead atoms. The van der Waals surface area contributed by atoms with Gasteiger partial charge in [0.1, 0.15) is 11.0 Å². The number of esters is 2. The molecule has 0 radical (unpaired) electrons. The van der Waals surface area contributed by atoms with Crippen LogP contribution in [-0.2, 0) is 25.5 Å². The van der Waals surface area contributed by atoms with Gasteiger partial charge in [-0.3, -0.25) is 9.59 Å². The number of halogens is 1. The molecular formula is C21H23ClN2O6S. The third kappa shape index (κ3) is 6.80. The van der Waals surface area contributed by atoms with Crippen LogP contribution in [0, 0.1) is 0 Å². The Morgan fingerprint density at radius 2 is 1.81 bits per heavy atom. The van der Waals surface area contributed by atoms with Crippen molar-refractivity contribution in [3.05, 3.63) is 51.4 Å². The number of carbonyl (C=O) groups excluding carboxylic acids is 4. The standard InChI is InChI=1S/C21H23ClN2O6S/c1-4-13-10-15(21(28)29-5-2)19(31-13)24-17(25)11-30-20(27)12(3)23-18(26)14-8-6-7-9-16(14)22/h6-10,12H,4-5,11H2,1-3H3,(H,23,26)(H,24,25). The smallest absolute Gasteiger partial charge is 0.341 e. The summed E-state index contributed by atoms with van der Waals surface area (Å²) in [5.41, 5.74) is 0.473. The maximum absolute atomic E-state index is 12.2. The molecule has 2 N–H and O–H groups in total. The van der Waals surface area contributed by atoms with E-state index < -0.39 is 36.4 Å². The molecule has 10 heteroatoms. The normalized spacial score (nSPS) is 11.4. The van der Waals surface area contributed by atoms with Gasteiger partial charge in [0.2, 0.25) is 0 Å². The van der Waals surface area contributed by atoms with Crippen LogP contribution in [-0.4, -0.2) is 43.0 Å². The quantitative estimate of drug-likeness (QED) is 0.547. The Bertz CT molecular complexity index is 975. The lowest BCUT2D eigenvalue weighted by atomic mass is 10.2. The fourth-order valence-corrected chi connectivity index (χ4v) is 3.69. The Morgan fingerprint density at radius 1 is 1.10 bits per heavy atom. The molecule has 2 rings (SSSR count). The van der Waals surface area contributed by atoms with Gasteiger partial charge in [-0.15, -0.1) is 11.3 Å². The average Bonchev–Trinajstić information content (AvgIpc) is 3.15. The van der Waals surface area contributed by atoms with E-state index in [1.807, 2.05) is 6.92 Å². The molecule has 0 aliphatic heterocycles. The Hall–Kier alpha value is -2.91. The predicted octanol–water partition coefficient (Wildman–Crippen LogP) is 3.44. The third-order valence-corrected chi connectivity index (χ3v) is 5.57. The van der Waals surface area contributed by atoms with Crippen molar-refractivity contribution in [2.45, 2.75) is 33.2 Å². The second kappa shape index (κ2) is 11.5. The summed E-state index contributed by atoms with van der Waals surface area (Å²) in [5, 5.41) is 5.62. The molecule has 2 amide bonds. The highest BCUT2D eigenvalue weighted by molar-refractivity contribution is 7.16. The number of aryl methyl sites for hydroxylation is 1. The van der Waals surface area contributed by atoms with Gasteiger partial charge in [0.15, 0.2) is 6.61 Å². The average molecular weight is 467 g/mol. The fraction of sp³-hybridized carbons (Fsp3) is 0.333. The number of carbonyl (C=O) groups is 4. The molecule has 1 heterocycles. The molecule has 1 aromatic carbocycles. The monoisotopic (exact) mass is 466 g/mol. The Balaban J connectivity index is 1.91. The number of anilines is 1. The first kappa shape index (κ1) is 24.4. The minimum atomic E-state index is -1.000. The molecule has 2 aromatic rings. The number of hydrogen-bond acceptors (Lipinski definition) is 7. The van der Waals surface area contributed by atoms with Crippen molar-refractivity contribution in [2.24, 2.45) is 0 Å². The van der Waals surface area contributed by atoms with Crippen LogP contribution in [0.2, 0.25) is 5.02 Å². The van der Waals surface area contributed by atoms with Crippen LogP contribution in [0.5, 0.6) is 0 Å². The van der Waals surface area contributed by atoms with E-state index in [9.17, 15) is 19.2 Å². The molecule has 1 atom stereocenters. The zero-order valence-corrected chi connectivity index (χ0v) is 18.9. The van der Waals surface area contributed by atoms with E-state index >= 15 is 0 Å². The summed E-state index contributed by atoms with van der Waals surface area (Å²) in [6.45, 7) is 4.67. The van der Waals surface area contributed by atoms with Crippen molar-refractivity contribution in [1.82, 2.24) is 5.32 Å². The van der Waals surface area contributed by atoms with Crippen molar-refractivity contribution in [1.29, 1.82) is 0 Å². The van der Waals surface area contributed by atoms with Crippen LogP contribution < -0.4 is 10.6 Å². The van der Waals surface area contributed by atoms with E-state index in [0.717, 1.165) is 4.88 Å². The molecule has 0 fully saturated rings. The number of ether oxygens (including phenoxy) is 2. The lowest BCUT2D eigenvalue weighted by molar-refractivity contribution is -0.148. The molecule has 1 unspecified atom stereocenters. The molecule has 8 nitrogen and oxygen atoms in total. The fourth-order valence-electron chi connectivity index (χ4n) is 2.47. The van der Waals surface area contributed by atoms with E-state index in [1.54, 1.807) is 31.2 Å². The molecule has 166 valence electrons. The van der Waals surface area contributed by atoms with Gasteiger partial charge in [0.25, 0.3) is 11.8 Å². The molecule has 31 heavy (non-hydrogen) atoms. The van der Waals surface area contributed by atoms with Crippen LogP contribution >= 0.6 is 22.9 Å². The van der Waals surface area contributed by atoms with Crippen LogP contribution in [0.3, 0.4) is 0 Å². The van der Waals surface area contributed by atoms with Gasteiger partial charge in [-0.2, -0.15) is 0 Å². The van der Waals surface area contributed by atoms with Gasteiger partial charge >= 0.3 is 11.9 Å². The lowest BCUT2D eigenvalue weighted by Crippen LogP contribution is -2.40. The molecule has 0 spiro atoms. The number of rotatable bonds is 9. The van der Waals surface area contributed by atoms with Gasteiger partial charge in [-0.1, -0.05) is 30.7 Å². The van der Waals surface area contributed by atoms with Crippen molar-refractivity contribution in [3.63, 3.8) is 0 Å². The minimum absolute atomic E-state index is 0.207. The highest BCUT2D eigenvalue weighted by Crippen LogP contribution is 2.29. The van der Waals surface area contributed by atoms with Gasteiger partial charge in [0.05, 0.1) is 22.8 Å². The van der Waals surface area contributed by atoms with Crippen LogP contribution in [0.4, 0.5) is 5.00 Å². The summed E-state index contributed by atoms with van der Waals surface area (Å²) >= 11 is 7.21. The highest BCUT2D eigenvalue weighted by atomic mass is 35.5. The van der Waals surface area contributed by atoms with Crippen LogP contribution in [0.25, 0.3) is 0 Å². The molecule has 0 aliphatic carbocycles. The van der Waals surface area contributed by atoms with Crippen molar-refractivity contribution in [3.8, 4) is 0 Å². The van der Waals surface area contributed by atoms with Crippen LogP contribution in [0.15, 0.2) is 30.3 Å². The van der Waals surface area contributed by atoms with E-state index in [1.165, 1.54) is 24.3 Å². The third-order valence-electron chi connectivity index (χ3n) is 4.05. The maximum Gasteiger partial charge on any atom is 0.341 e. The summed E-state index contributed by atoms with van der Waals surface area (Å²) in [7, 11) is 0. The van der Waals surface area contributed by atoms with Gasteiger partial charge < -0.3 is 20.1 Å². The van der Waals surface area contributed by atoms with Gasteiger partial charge in [-0.25, -0.2) is 9.59 Å². The summed E-state index contributed by atoms with van der Waals surface area (Å²) < 4.78 is 9.98. The maximum atomic E-state index is 12.2. The van der Waals surface area contributed by atoms with E-state index in [-0.39, 0.29) is 22.8 Å². The molecule has 1 aromatic heterocycles. The molecular weight excluding hydrogens is 444 g/mol. The Labute approximate surface area is 188 Å². The number of hydrogen-bond donors (Lipinski definition) is 2. The van der Waals surface area contributed by atoms with Crippen molar-refractivity contribution >= 4 is 51.7 Å². The second-order valence-electron chi connectivity index (χ2n) is 6.36. The SMILES string of the molecule is CCOC(=O)c1cc(CC)sc1NC(=O)COC(=O)C(C)NC(=O)c1ccccc1Cl. The summed E-state index contributed by atoms with van der Waals surface area (Å²) in [6.07, 6.45) is 0.685. The van der Waals surface area contributed by atoms with Crippen LogP contribution in [0.1, 0.15) is 46.4 Å². The number of thiophene rings is 1. The minimum Gasteiger partial charge on any atom is -0.462 e. The van der Waals surface area contributed by atoms with Crippen molar-refractivity contribution in [2.75, 3.05) is 18.5 Å². The molecule has 0 saturated carbocycles. The summed E-state index contributed by atoms with van der Waals surface area (Å²) in [6, 6.07) is 7.07. The number of nitrogens with one attached hydrogen (secondary N) is 2. The zero-order chi connectivity index (χ0) is 23.0. The topological polar surface area (TPSA) is 111 Å². The Morgan fingerprint density at radius 3 is 2.45 bits per heavy atom. The first-order valence-electron chi connectivity index (χ1n) is 9.58. The van der Waals surface area contributed by atoms with E-state index in [0.29, 0.717) is 11.4 Å². The number of amides is 2. The molecule has 0 aliphatic rings. The van der Waals surface area contributed by atoms with E-state index in [4.69, 9.17) is 21.1 Å². The van der Waals surface area contributed by atoms with Crippen molar-refractivity contribution < 1.29 is 28.7 Å². The first-order valence-corrected chi connectivity index (χ1v) is 10.8. The highest BCUT2D eigenvalue weighted by Gasteiger charge is 2.22. The summed E-state index contributed by atoms with van der Waals surface area (Å²) in [5.74, 6) is -2.49. The lowest BCUT2D eigenvalue weighted by Gasteiger charge is -2.14. The largest absolute Gasteiger partial charge is 0.462 e. The Kier molecular flexibility index (Phi) is 9.02. The predicted molar refractivity (Wildman–Crippen MR) is 118 cm³/mol. The summed E-state index contributed by atoms with van der Waals surface area (Å²) in [4.78, 5) is 49.5. The van der Waals surface area contributed by atoms with Gasteiger partial charge in [-0.05, 0) is 38.5 Å². The first-order chi connectivity index (χ1) is 14.8. The van der Waals surface area contributed by atoms with E-state index in [2.05, 4.69) is 10.6 Å². The molecule has 0 saturated heterocycles. The number of benzene rings is 1.